The highest BCUT2D eigenvalue weighted by molar-refractivity contribution is 7.33. The summed E-state index contributed by atoms with van der Waals surface area (Å²) >= 11 is 0. The smallest absolute Gasteiger partial charge is 0.311 e. The van der Waals surface area contributed by atoms with Crippen molar-refractivity contribution in [3.05, 3.63) is 0 Å². The molecular weight excluding hydrogens is 175 g/mol. The fourth-order valence-electron chi connectivity index (χ4n) is 0.844. The second kappa shape index (κ2) is 9.24. The molecule has 3 nitrogen and oxygen atoms in total. The van der Waals surface area contributed by atoms with Crippen molar-refractivity contribution in [3.8, 4) is 0 Å². The summed E-state index contributed by atoms with van der Waals surface area (Å²) in [5, 5.41) is 0. The number of rotatable bonds is 8. The lowest BCUT2D eigenvalue weighted by Gasteiger charge is -2.02. The van der Waals surface area contributed by atoms with Gasteiger partial charge in [0.25, 0.3) is 0 Å². The van der Waals surface area contributed by atoms with E-state index < -0.39 is 8.25 Å². The van der Waals surface area contributed by atoms with E-state index in [1.807, 2.05) is 6.92 Å². The molecule has 0 amide bonds. The molecule has 1 atom stereocenters. The fourth-order valence-corrected chi connectivity index (χ4v) is 1.47. The van der Waals surface area contributed by atoms with Crippen LogP contribution in [0.15, 0.2) is 0 Å². The van der Waals surface area contributed by atoms with Gasteiger partial charge in [0.1, 0.15) is 0 Å². The van der Waals surface area contributed by atoms with Crippen LogP contribution in [0.3, 0.4) is 0 Å². The van der Waals surface area contributed by atoms with Crippen LogP contribution in [0.1, 0.15) is 39.5 Å². The van der Waals surface area contributed by atoms with Crippen molar-refractivity contribution in [2.24, 2.45) is 0 Å². The lowest BCUT2D eigenvalue weighted by molar-refractivity contribution is 0.229. The van der Waals surface area contributed by atoms with Crippen molar-refractivity contribution in [2.75, 3.05) is 13.2 Å². The van der Waals surface area contributed by atoms with Crippen LogP contribution in [0.25, 0.3) is 0 Å². The Morgan fingerprint density at radius 2 is 1.83 bits per heavy atom. The lowest BCUT2D eigenvalue weighted by Crippen LogP contribution is -1.88. The Morgan fingerprint density at radius 1 is 1.08 bits per heavy atom. The van der Waals surface area contributed by atoms with Gasteiger partial charge in [-0.05, 0) is 13.3 Å². The summed E-state index contributed by atoms with van der Waals surface area (Å²) in [4.78, 5) is 0. The Balaban J connectivity index is 3.03. The number of hydrogen-bond acceptors (Lipinski definition) is 3. The van der Waals surface area contributed by atoms with Gasteiger partial charge in [-0.1, -0.05) is 26.2 Å². The molecule has 12 heavy (non-hydrogen) atoms. The van der Waals surface area contributed by atoms with Crippen LogP contribution in [0.2, 0.25) is 0 Å². The van der Waals surface area contributed by atoms with Crippen molar-refractivity contribution in [1.29, 1.82) is 0 Å². The summed E-state index contributed by atoms with van der Waals surface area (Å²) in [6.45, 7) is 5.00. The van der Waals surface area contributed by atoms with E-state index in [1.54, 1.807) is 0 Å². The average Bonchev–Trinajstić information content (AvgIpc) is 2.05. The van der Waals surface area contributed by atoms with Crippen molar-refractivity contribution in [1.82, 2.24) is 0 Å². The molecule has 0 aromatic rings. The van der Waals surface area contributed by atoms with Crippen LogP contribution in [-0.2, 0) is 13.6 Å². The largest absolute Gasteiger partial charge is 0.319 e. The zero-order valence-corrected chi connectivity index (χ0v) is 8.97. The molecule has 0 fully saturated rings. The topological polar surface area (TPSA) is 35.5 Å². The summed E-state index contributed by atoms with van der Waals surface area (Å²) in [6, 6.07) is 0. The normalized spacial score (nSPS) is 13.2. The van der Waals surface area contributed by atoms with Gasteiger partial charge in [-0.2, -0.15) is 0 Å². The van der Waals surface area contributed by atoms with E-state index in [2.05, 4.69) is 6.92 Å². The maximum atomic E-state index is 10.8. The van der Waals surface area contributed by atoms with Gasteiger partial charge in [0, 0.05) is 0 Å². The van der Waals surface area contributed by atoms with Crippen molar-refractivity contribution in [2.45, 2.75) is 39.5 Å². The molecule has 74 valence electrons. The molecule has 0 N–H and O–H groups in total. The summed E-state index contributed by atoms with van der Waals surface area (Å²) in [7, 11) is -2.18. The van der Waals surface area contributed by atoms with E-state index in [0.29, 0.717) is 13.2 Å². The monoisotopic (exact) mass is 194 g/mol. The zero-order chi connectivity index (χ0) is 9.23. The van der Waals surface area contributed by atoms with Gasteiger partial charge >= 0.3 is 8.25 Å². The fraction of sp³-hybridized carbons (Fsp3) is 1.00. The zero-order valence-electron chi connectivity index (χ0n) is 7.97. The minimum Gasteiger partial charge on any atom is -0.311 e. The molecule has 0 heterocycles. The molecule has 0 aliphatic carbocycles. The van der Waals surface area contributed by atoms with Crippen molar-refractivity contribution < 1.29 is 13.6 Å². The minimum atomic E-state index is -2.18. The second-order valence-corrected chi connectivity index (χ2v) is 3.67. The SMILES string of the molecule is CCCCCCO[PH](=O)OCC. The van der Waals surface area contributed by atoms with E-state index >= 15 is 0 Å². The molecule has 0 aliphatic rings. The highest BCUT2D eigenvalue weighted by Gasteiger charge is 1.96. The molecule has 1 unspecified atom stereocenters. The van der Waals surface area contributed by atoms with E-state index in [4.69, 9.17) is 9.05 Å². The molecule has 4 heteroatoms. The third-order valence-electron chi connectivity index (χ3n) is 1.48. The van der Waals surface area contributed by atoms with Crippen LogP contribution in [0.4, 0.5) is 0 Å². The van der Waals surface area contributed by atoms with Crippen LogP contribution >= 0.6 is 8.25 Å². The Labute approximate surface area is 75.4 Å². The van der Waals surface area contributed by atoms with E-state index in [-0.39, 0.29) is 0 Å². The summed E-state index contributed by atoms with van der Waals surface area (Å²) in [6.07, 6.45) is 4.56. The van der Waals surface area contributed by atoms with E-state index in [1.165, 1.54) is 12.8 Å². The predicted molar refractivity (Wildman–Crippen MR) is 50.7 cm³/mol. The van der Waals surface area contributed by atoms with E-state index in [9.17, 15) is 4.57 Å². The summed E-state index contributed by atoms with van der Waals surface area (Å²) < 4.78 is 20.5. The highest BCUT2D eigenvalue weighted by atomic mass is 31.1. The Hall–Kier alpha value is 0.150. The Kier molecular flexibility index (Phi) is 9.36. The third kappa shape index (κ3) is 8.25. The average molecular weight is 194 g/mol. The molecule has 0 aliphatic heterocycles. The molecule has 0 aromatic heterocycles. The van der Waals surface area contributed by atoms with Crippen LogP contribution in [0, 0.1) is 0 Å². The van der Waals surface area contributed by atoms with E-state index in [0.717, 1.165) is 12.8 Å². The summed E-state index contributed by atoms with van der Waals surface area (Å²) in [5.41, 5.74) is 0. The van der Waals surface area contributed by atoms with Crippen LogP contribution in [-0.4, -0.2) is 13.2 Å². The molecular formula is C8H19O3P. The first-order chi connectivity index (χ1) is 5.81. The standard InChI is InChI=1S/C8H19O3P/c1-3-5-6-7-8-11-12(9)10-4-2/h12H,3-8H2,1-2H3. The predicted octanol–water partition coefficient (Wildman–Crippen LogP) is 3.01. The molecule has 0 saturated carbocycles. The first-order valence-corrected chi connectivity index (χ1v) is 5.83. The van der Waals surface area contributed by atoms with Gasteiger partial charge in [-0.3, -0.25) is 4.57 Å². The summed E-state index contributed by atoms with van der Waals surface area (Å²) in [5.74, 6) is 0. The molecule has 0 rings (SSSR count). The van der Waals surface area contributed by atoms with Crippen molar-refractivity contribution in [3.63, 3.8) is 0 Å². The minimum absolute atomic E-state index is 0.465. The van der Waals surface area contributed by atoms with Gasteiger partial charge in [0.15, 0.2) is 0 Å². The quantitative estimate of drug-likeness (QED) is 0.440. The Morgan fingerprint density at radius 3 is 2.42 bits per heavy atom. The van der Waals surface area contributed by atoms with Gasteiger partial charge < -0.3 is 9.05 Å². The Bertz CT molecular complexity index is 117. The lowest BCUT2D eigenvalue weighted by atomic mass is 10.2. The maximum absolute atomic E-state index is 10.8. The molecule has 0 aromatic carbocycles. The molecule has 0 bridgehead atoms. The van der Waals surface area contributed by atoms with Gasteiger partial charge in [-0.25, -0.2) is 0 Å². The van der Waals surface area contributed by atoms with Gasteiger partial charge in [0.05, 0.1) is 13.2 Å². The van der Waals surface area contributed by atoms with Crippen LogP contribution < -0.4 is 0 Å². The molecule has 0 spiro atoms. The molecule has 0 radical (unpaired) electrons. The molecule has 0 saturated heterocycles. The third-order valence-corrected chi connectivity index (χ3v) is 2.44. The number of unbranched alkanes of at least 4 members (excludes halogenated alkanes) is 3. The highest BCUT2D eigenvalue weighted by Crippen LogP contribution is 2.23. The second-order valence-electron chi connectivity index (χ2n) is 2.59. The van der Waals surface area contributed by atoms with Gasteiger partial charge in [0.2, 0.25) is 0 Å². The first kappa shape index (κ1) is 12.2. The number of hydrogen-bond donors (Lipinski definition) is 0. The van der Waals surface area contributed by atoms with Crippen LogP contribution in [0.5, 0.6) is 0 Å². The first-order valence-electron chi connectivity index (χ1n) is 4.60. The maximum Gasteiger partial charge on any atom is 0.319 e. The van der Waals surface area contributed by atoms with Gasteiger partial charge in [-0.15, -0.1) is 0 Å². The van der Waals surface area contributed by atoms with Crippen molar-refractivity contribution >= 4 is 8.25 Å².